The number of rotatable bonds is 7. The van der Waals surface area contributed by atoms with E-state index in [-0.39, 0.29) is 5.91 Å². The number of hydrogen-bond donors (Lipinski definition) is 1. The maximum Gasteiger partial charge on any atom is 0.223 e. The summed E-state index contributed by atoms with van der Waals surface area (Å²) in [6.07, 6.45) is 1.18. The van der Waals surface area contributed by atoms with Crippen LogP contribution in [0, 0.1) is 6.92 Å². The number of ether oxygens (including phenoxy) is 1. The Labute approximate surface area is 136 Å². The second kappa shape index (κ2) is 8.44. The molecule has 116 valence electrons. The van der Waals surface area contributed by atoms with Gasteiger partial charge in [0, 0.05) is 11.6 Å². The van der Waals surface area contributed by atoms with Gasteiger partial charge in [0.25, 0.3) is 0 Å². The van der Waals surface area contributed by atoms with Gasteiger partial charge in [0.1, 0.15) is 5.75 Å². The lowest BCUT2D eigenvalue weighted by Gasteiger charge is -2.08. The summed E-state index contributed by atoms with van der Waals surface area (Å²) in [5, 5.41) is 3.57. The second-order valence-corrected chi connectivity index (χ2v) is 5.58. The summed E-state index contributed by atoms with van der Waals surface area (Å²) in [5.74, 6) is 0.721. The largest absolute Gasteiger partial charge is 0.493 e. The predicted octanol–water partition coefficient (Wildman–Crippen LogP) is 3.78. The summed E-state index contributed by atoms with van der Waals surface area (Å²) in [4.78, 5) is 11.7. The summed E-state index contributed by atoms with van der Waals surface area (Å²) >= 11 is 5.79. The minimum absolute atomic E-state index is 0.00150. The number of aryl methyl sites for hydroxylation is 1. The predicted molar refractivity (Wildman–Crippen MR) is 89.5 cm³/mol. The van der Waals surface area contributed by atoms with Crippen LogP contribution in [0.25, 0.3) is 0 Å². The molecule has 0 aliphatic rings. The van der Waals surface area contributed by atoms with Crippen LogP contribution in [0.5, 0.6) is 5.75 Å². The molecule has 0 saturated carbocycles. The molecule has 4 heteroatoms. The molecule has 2 rings (SSSR count). The fourth-order valence-electron chi connectivity index (χ4n) is 2.09. The number of hydrogen-bond acceptors (Lipinski definition) is 2. The molecule has 1 amide bonds. The van der Waals surface area contributed by atoms with Gasteiger partial charge in [-0.05, 0) is 43.2 Å². The van der Waals surface area contributed by atoms with Crippen LogP contribution in [-0.2, 0) is 11.2 Å². The molecule has 0 aliphatic carbocycles. The van der Waals surface area contributed by atoms with Crippen molar-refractivity contribution < 1.29 is 9.53 Å². The lowest BCUT2D eigenvalue weighted by molar-refractivity contribution is -0.121. The molecule has 0 spiro atoms. The number of nitrogens with one attached hydrogen (secondary N) is 1. The zero-order valence-electron chi connectivity index (χ0n) is 12.6. The van der Waals surface area contributed by atoms with Crippen molar-refractivity contribution in [2.24, 2.45) is 0 Å². The van der Waals surface area contributed by atoms with Crippen LogP contribution in [0.15, 0.2) is 48.5 Å². The normalized spacial score (nSPS) is 10.3. The standard InChI is InChI=1S/C18H20ClNO2/c1-14-3-2-4-15(13-14)9-11-20-18(21)10-12-22-17-7-5-16(19)6-8-17/h2-8,13H,9-12H2,1H3,(H,20,21). The molecule has 0 radical (unpaired) electrons. The second-order valence-electron chi connectivity index (χ2n) is 5.14. The quantitative estimate of drug-likeness (QED) is 0.844. The van der Waals surface area contributed by atoms with Gasteiger partial charge in [-0.25, -0.2) is 0 Å². The number of halogens is 1. The van der Waals surface area contributed by atoms with E-state index in [9.17, 15) is 4.79 Å². The third-order valence-corrected chi connectivity index (χ3v) is 3.48. The minimum atomic E-state index is 0.00150. The van der Waals surface area contributed by atoms with Crippen LogP contribution >= 0.6 is 11.6 Å². The van der Waals surface area contributed by atoms with Crippen LogP contribution in [0.3, 0.4) is 0 Å². The Morgan fingerprint density at radius 1 is 1.18 bits per heavy atom. The molecule has 0 aromatic heterocycles. The summed E-state index contributed by atoms with van der Waals surface area (Å²) in [5.41, 5.74) is 2.47. The zero-order valence-corrected chi connectivity index (χ0v) is 13.4. The van der Waals surface area contributed by atoms with Gasteiger partial charge in [-0.15, -0.1) is 0 Å². The van der Waals surface area contributed by atoms with Crippen LogP contribution < -0.4 is 10.1 Å². The number of carbonyl (C=O) groups is 1. The fraction of sp³-hybridized carbons (Fsp3) is 0.278. The molecular formula is C18H20ClNO2. The number of carbonyl (C=O) groups excluding carboxylic acids is 1. The molecule has 2 aromatic rings. The van der Waals surface area contributed by atoms with E-state index in [0.29, 0.717) is 24.6 Å². The molecule has 0 bridgehead atoms. The highest BCUT2D eigenvalue weighted by molar-refractivity contribution is 6.30. The van der Waals surface area contributed by atoms with Crippen molar-refractivity contribution in [3.63, 3.8) is 0 Å². The van der Waals surface area contributed by atoms with Crippen LogP contribution in [0.4, 0.5) is 0 Å². The molecule has 0 heterocycles. The van der Waals surface area contributed by atoms with Gasteiger partial charge >= 0.3 is 0 Å². The van der Waals surface area contributed by atoms with E-state index < -0.39 is 0 Å². The number of benzene rings is 2. The smallest absolute Gasteiger partial charge is 0.223 e. The molecular weight excluding hydrogens is 298 g/mol. The molecule has 22 heavy (non-hydrogen) atoms. The average molecular weight is 318 g/mol. The maximum absolute atomic E-state index is 11.7. The van der Waals surface area contributed by atoms with Gasteiger partial charge in [-0.2, -0.15) is 0 Å². The number of amides is 1. The summed E-state index contributed by atoms with van der Waals surface area (Å²) < 4.78 is 5.49. The highest BCUT2D eigenvalue weighted by atomic mass is 35.5. The highest BCUT2D eigenvalue weighted by Crippen LogP contribution is 2.15. The van der Waals surface area contributed by atoms with Crippen LogP contribution in [0.1, 0.15) is 17.5 Å². The summed E-state index contributed by atoms with van der Waals surface area (Å²) in [6, 6.07) is 15.4. The molecule has 1 N–H and O–H groups in total. The van der Waals surface area contributed by atoms with E-state index in [1.807, 2.05) is 6.07 Å². The average Bonchev–Trinajstić information content (AvgIpc) is 2.49. The Morgan fingerprint density at radius 2 is 1.95 bits per heavy atom. The van der Waals surface area contributed by atoms with Crippen molar-refractivity contribution in [1.29, 1.82) is 0 Å². The first-order chi connectivity index (χ1) is 10.6. The Kier molecular flexibility index (Phi) is 6.28. The van der Waals surface area contributed by atoms with E-state index in [1.165, 1.54) is 11.1 Å². The first kappa shape index (κ1) is 16.4. The van der Waals surface area contributed by atoms with Crippen molar-refractivity contribution in [3.8, 4) is 5.75 Å². The topological polar surface area (TPSA) is 38.3 Å². The summed E-state index contributed by atoms with van der Waals surface area (Å²) in [6.45, 7) is 3.07. The van der Waals surface area contributed by atoms with E-state index in [4.69, 9.17) is 16.3 Å². The van der Waals surface area contributed by atoms with Crippen LogP contribution in [0.2, 0.25) is 5.02 Å². The van der Waals surface area contributed by atoms with Crippen molar-refractivity contribution in [1.82, 2.24) is 5.32 Å². The van der Waals surface area contributed by atoms with E-state index in [1.54, 1.807) is 24.3 Å². The molecule has 2 aromatic carbocycles. The molecule has 3 nitrogen and oxygen atoms in total. The molecule has 0 unspecified atom stereocenters. The van der Waals surface area contributed by atoms with Crippen molar-refractivity contribution in [2.75, 3.05) is 13.2 Å². The SMILES string of the molecule is Cc1cccc(CCNC(=O)CCOc2ccc(Cl)cc2)c1. The Hall–Kier alpha value is -2.00. The van der Waals surface area contributed by atoms with Crippen LogP contribution in [-0.4, -0.2) is 19.1 Å². The Morgan fingerprint density at radius 3 is 2.68 bits per heavy atom. The van der Waals surface area contributed by atoms with Gasteiger partial charge in [0.2, 0.25) is 5.91 Å². The maximum atomic E-state index is 11.7. The minimum Gasteiger partial charge on any atom is -0.493 e. The van der Waals surface area contributed by atoms with Gasteiger partial charge < -0.3 is 10.1 Å². The highest BCUT2D eigenvalue weighted by Gasteiger charge is 2.02. The van der Waals surface area contributed by atoms with Crippen molar-refractivity contribution >= 4 is 17.5 Å². The first-order valence-electron chi connectivity index (χ1n) is 7.34. The lowest BCUT2D eigenvalue weighted by atomic mass is 10.1. The van der Waals surface area contributed by atoms with Gasteiger partial charge in [0.05, 0.1) is 13.0 Å². The molecule has 0 saturated heterocycles. The van der Waals surface area contributed by atoms with Gasteiger partial charge in [-0.3, -0.25) is 4.79 Å². The van der Waals surface area contributed by atoms with Crippen molar-refractivity contribution in [3.05, 3.63) is 64.7 Å². The fourth-order valence-corrected chi connectivity index (χ4v) is 2.22. The molecule has 0 atom stereocenters. The molecule has 0 fully saturated rings. The van der Waals surface area contributed by atoms with Crippen molar-refractivity contribution in [2.45, 2.75) is 19.8 Å². The Balaban J connectivity index is 1.62. The van der Waals surface area contributed by atoms with E-state index >= 15 is 0 Å². The lowest BCUT2D eigenvalue weighted by Crippen LogP contribution is -2.27. The van der Waals surface area contributed by atoms with E-state index in [0.717, 1.165) is 12.2 Å². The zero-order chi connectivity index (χ0) is 15.8. The Bertz CT molecular complexity index is 611. The first-order valence-corrected chi connectivity index (χ1v) is 7.72. The summed E-state index contributed by atoms with van der Waals surface area (Å²) in [7, 11) is 0. The third kappa shape index (κ3) is 5.78. The monoisotopic (exact) mass is 317 g/mol. The third-order valence-electron chi connectivity index (χ3n) is 3.23. The van der Waals surface area contributed by atoms with Gasteiger partial charge in [0.15, 0.2) is 0 Å². The molecule has 0 aliphatic heterocycles. The van der Waals surface area contributed by atoms with E-state index in [2.05, 4.69) is 30.4 Å². The van der Waals surface area contributed by atoms with Gasteiger partial charge in [-0.1, -0.05) is 41.4 Å².